The average molecular weight is 473 g/mol. The van der Waals surface area contributed by atoms with Crippen LogP contribution in [-0.4, -0.2) is 54.6 Å². The van der Waals surface area contributed by atoms with Crippen molar-refractivity contribution in [3.05, 3.63) is 42.0 Å². The summed E-state index contributed by atoms with van der Waals surface area (Å²) in [5.74, 6) is 1.11. The quantitative estimate of drug-likeness (QED) is 0.302. The molecule has 0 bridgehead atoms. The maximum Gasteiger partial charge on any atom is 0.358 e. The van der Waals surface area contributed by atoms with Gasteiger partial charge in [0, 0.05) is 25.2 Å². The molecule has 1 aromatic heterocycles. The molecule has 0 aromatic carbocycles. The SMILES string of the molecule is CCNC(=O)NC(NC[C@H]1CC[C@H](C)CC1)NC1=CCC(Oc2cncc(C(=O)OC)n2)C=C1. The molecule has 10 nitrogen and oxygen atoms in total. The van der Waals surface area contributed by atoms with Gasteiger partial charge in [-0.1, -0.05) is 25.8 Å². The molecule has 34 heavy (non-hydrogen) atoms. The van der Waals surface area contributed by atoms with E-state index in [4.69, 9.17) is 4.74 Å². The first-order valence-electron chi connectivity index (χ1n) is 12.0. The molecule has 1 aromatic rings. The van der Waals surface area contributed by atoms with Crippen molar-refractivity contribution in [1.82, 2.24) is 31.2 Å². The number of nitrogens with zero attached hydrogens (tertiary/aromatic N) is 2. The van der Waals surface area contributed by atoms with Crippen molar-refractivity contribution < 1.29 is 19.1 Å². The maximum absolute atomic E-state index is 12.1. The highest BCUT2D eigenvalue weighted by Crippen LogP contribution is 2.27. The summed E-state index contributed by atoms with van der Waals surface area (Å²) in [6.45, 7) is 5.60. The fourth-order valence-electron chi connectivity index (χ4n) is 4.02. The zero-order chi connectivity index (χ0) is 24.3. The number of methoxy groups -OCH3 is 1. The monoisotopic (exact) mass is 472 g/mol. The Labute approximate surface area is 201 Å². The largest absolute Gasteiger partial charge is 0.469 e. The third-order valence-electron chi connectivity index (χ3n) is 6.01. The van der Waals surface area contributed by atoms with Crippen LogP contribution in [0.15, 0.2) is 36.3 Å². The van der Waals surface area contributed by atoms with Gasteiger partial charge in [0.15, 0.2) is 12.0 Å². The minimum absolute atomic E-state index is 0.0930. The fraction of sp³-hybridized carbons (Fsp3) is 0.583. The summed E-state index contributed by atoms with van der Waals surface area (Å²) in [5, 5.41) is 12.5. The Hall–Kier alpha value is -3.14. The second kappa shape index (κ2) is 12.9. The molecule has 10 heteroatoms. The molecule has 1 heterocycles. The van der Waals surface area contributed by atoms with Crippen molar-refractivity contribution in [2.24, 2.45) is 11.8 Å². The number of ether oxygens (including phenoxy) is 2. The molecule has 2 atom stereocenters. The van der Waals surface area contributed by atoms with Gasteiger partial charge >= 0.3 is 12.0 Å². The topological polar surface area (TPSA) is 126 Å². The van der Waals surface area contributed by atoms with E-state index in [0.29, 0.717) is 18.9 Å². The first kappa shape index (κ1) is 25.5. The van der Waals surface area contributed by atoms with Crippen molar-refractivity contribution in [2.45, 2.75) is 58.3 Å². The zero-order valence-electron chi connectivity index (χ0n) is 20.2. The molecule has 0 saturated heterocycles. The summed E-state index contributed by atoms with van der Waals surface area (Å²) in [5.41, 5.74) is 0.969. The first-order valence-corrected chi connectivity index (χ1v) is 12.0. The number of carbonyl (C=O) groups excluding carboxylic acids is 2. The van der Waals surface area contributed by atoms with E-state index in [2.05, 4.69) is 42.9 Å². The van der Waals surface area contributed by atoms with Gasteiger partial charge in [-0.05, 0) is 43.8 Å². The van der Waals surface area contributed by atoms with E-state index in [1.54, 1.807) is 0 Å². The molecule has 2 aliphatic rings. The summed E-state index contributed by atoms with van der Waals surface area (Å²) < 4.78 is 10.5. The molecule has 1 saturated carbocycles. The number of nitrogens with one attached hydrogen (secondary N) is 4. The van der Waals surface area contributed by atoms with Gasteiger partial charge in [-0.2, -0.15) is 0 Å². The minimum atomic E-state index is -0.565. The van der Waals surface area contributed by atoms with Gasteiger partial charge in [0.25, 0.3) is 0 Å². The summed E-state index contributed by atoms with van der Waals surface area (Å²) in [6.07, 6.45) is 13.5. The highest BCUT2D eigenvalue weighted by Gasteiger charge is 2.21. The number of aromatic nitrogens is 2. The van der Waals surface area contributed by atoms with Crippen molar-refractivity contribution in [2.75, 3.05) is 20.2 Å². The predicted octanol–water partition coefficient (Wildman–Crippen LogP) is 2.46. The van der Waals surface area contributed by atoms with E-state index in [9.17, 15) is 9.59 Å². The third-order valence-corrected chi connectivity index (χ3v) is 6.01. The lowest BCUT2D eigenvalue weighted by Crippen LogP contribution is -2.57. The molecule has 0 spiro atoms. The van der Waals surface area contributed by atoms with Crippen LogP contribution in [0.3, 0.4) is 0 Å². The van der Waals surface area contributed by atoms with Gasteiger partial charge in [-0.15, -0.1) is 0 Å². The van der Waals surface area contributed by atoms with E-state index in [-0.39, 0.29) is 23.7 Å². The smallest absolute Gasteiger partial charge is 0.358 e. The first-order chi connectivity index (χ1) is 16.5. The van der Waals surface area contributed by atoms with E-state index in [0.717, 1.165) is 18.2 Å². The number of rotatable bonds is 10. The normalized spacial score (nSPS) is 22.8. The predicted molar refractivity (Wildman–Crippen MR) is 128 cm³/mol. The van der Waals surface area contributed by atoms with E-state index in [1.165, 1.54) is 45.2 Å². The Balaban J connectivity index is 1.53. The Morgan fingerprint density at radius 3 is 2.68 bits per heavy atom. The van der Waals surface area contributed by atoms with E-state index in [1.807, 2.05) is 25.2 Å². The van der Waals surface area contributed by atoms with E-state index < -0.39 is 12.3 Å². The number of urea groups is 1. The van der Waals surface area contributed by atoms with Crippen molar-refractivity contribution >= 4 is 12.0 Å². The van der Waals surface area contributed by atoms with Gasteiger partial charge < -0.3 is 25.4 Å². The third kappa shape index (κ3) is 8.02. The number of esters is 1. The van der Waals surface area contributed by atoms with Gasteiger partial charge in [0.05, 0.1) is 19.5 Å². The maximum atomic E-state index is 12.1. The zero-order valence-corrected chi connectivity index (χ0v) is 20.2. The van der Waals surface area contributed by atoms with Crippen molar-refractivity contribution in [3.63, 3.8) is 0 Å². The van der Waals surface area contributed by atoms with Crippen LogP contribution in [0.4, 0.5) is 4.79 Å². The average Bonchev–Trinajstić information content (AvgIpc) is 2.84. The van der Waals surface area contributed by atoms with E-state index >= 15 is 0 Å². The lowest BCUT2D eigenvalue weighted by atomic mass is 9.83. The van der Waals surface area contributed by atoms with Crippen LogP contribution in [0, 0.1) is 11.8 Å². The van der Waals surface area contributed by atoms with Crippen LogP contribution in [-0.2, 0) is 4.74 Å². The Morgan fingerprint density at radius 2 is 2.00 bits per heavy atom. The van der Waals surface area contributed by atoms with Crippen molar-refractivity contribution in [1.29, 1.82) is 0 Å². The molecule has 2 aliphatic carbocycles. The minimum Gasteiger partial charge on any atom is -0.469 e. The standard InChI is InChI=1S/C24H36N6O4/c1-4-26-24(32)30-23(27-13-17-7-5-16(2)6-8-17)28-18-9-11-19(12-10-18)34-21-15-25-14-20(29-21)22(31)33-3/h9-11,14-17,19,23,27-28H,4-8,12-13H2,1-3H3,(H2,26,30,32)/t16-,17-,19?,23?. The summed E-state index contributed by atoms with van der Waals surface area (Å²) in [7, 11) is 1.29. The molecule has 0 radical (unpaired) electrons. The number of allylic oxidation sites excluding steroid dienone is 1. The van der Waals surface area contributed by atoms with Crippen LogP contribution in [0.1, 0.15) is 56.4 Å². The second-order valence-electron chi connectivity index (χ2n) is 8.76. The molecule has 1 fully saturated rings. The fourth-order valence-corrected chi connectivity index (χ4v) is 4.02. The molecule has 186 valence electrons. The van der Waals surface area contributed by atoms with Crippen LogP contribution in [0.2, 0.25) is 0 Å². The van der Waals surface area contributed by atoms with Crippen LogP contribution in [0.25, 0.3) is 0 Å². The molecule has 4 N–H and O–H groups in total. The number of hydrogen-bond acceptors (Lipinski definition) is 8. The molecule has 2 amide bonds. The van der Waals surface area contributed by atoms with Crippen LogP contribution >= 0.6 is 0 Å². The second-order valence-corrected chi connectivity index (χ2v) is 8.76. The number of carbonyl (C=O) groups is 2. The summed E-state index contributed by atoms with van der Waals surface area (Å²) in [6, 6.07) is -0.226. The summed E-state index contributed by atoms with van der Waals surface area (Å²) in [4.78, 5) is 31.9. The van der Waals surface area contributed by atoms with Gasteiger partial charge in [0.1, 0.15) is 6.10 Å². The number of amides is 2. The Morgan fingerprint density at radius 1 is 1.21 bits per heavy atom. The lowest BCUT2D eigenvalue weighted by molar-refractivity contribution is 0.0591. The molecule has 3 rings (SSSR count). The van der Waals surface area contributed by atoms with Gasteiger partial charge in [-0.25, -0.2) is 14.6 Å². The highest BCUT2D eigenvalue weighted by atomic mass is 16.5. The molecule has 2 unspecified atom stereocenters. The Kier molecular flexibility index (Phi) is 9.69. The number of hydrogen-bond donors (Lipinski definition) is 4. The molecule has 0 aliphatic heterocycles. The van der Waals surface area contributed by atoms with Gasteiger partial charge in [-0.3, -0.25) is 10.3 Å². The molecular weight excluding hydrogens is 436 g/mol. The lowest BCUT2D eigenvalue weighted by Gasteiger charge is -2.30. The van der Waals surface area contributed by atoms with Crippen LogP contribution in [0.5, 0.6) is 5.88 Å². The summed E-state index contributed by atoms with van der Waals surface area (Å²) >= 11 is 0. The van der Waals surface area contributed by atoms with Gasteiger partial charge in [0.2, 0.25) is 5.88 Å². The van der Waals surface area contributed by atoms with Crippen molar-refractivity contribution in [3.8, 4) is 5.88 Å². The molecular formula is C24H36N6O4. The van der Waals surface area contributed by atoms with Crippen LogP contribution < -0.4 is 26.0 Å². The highest BCUT2D eigenvalue weighted by molar-refractivity contribution is 5.86. The Bertz CT molecular complexity index is 882.